The number of carbonyl (C=O) groups excluding carboxylic acids is 1. The monoisotopic (exact) mass is 442 g/mol. The zero-order valence-corrected chi connectivity index (χ0v) is 17.6. The first kappa shape index (κ1) is 20.9. The van der Waals surface area contributed by atoms with E-state index in [1.807, 2.05) is 0 Å². The minimum atomic E-state index is -3.77. The Kier molecular flexibility index (Phi) is 6.50. The molecule has 0 radical (unpaired) electrons. The molecule has 2 aromatic rings. The summed E-state index contributed by atoms with van der Waals surface area (Å²) in [6.07, 6.45) is 2.63. The Balaban J connectivity index is 1.94. The number of piperidine rings is 1. The molecule has 150 valence electrons. The van der Waals surface area contributed by atoms with Crippen molar-refractivity contribution in [1.29, 1.82) is 0 Å². The third-order valence-corrected chi connectivity index (χ3v) is 7.30. The van der Waals surface area contributed by atoms with E-state index >= 15 is 0 Å². The number of amides is 1. The van der Waals surface area contributed by atoms with Gasteiger partial charge in [0.05, 0.1) is 22.8 Å². The number of benzene rings is 2. The number of rotatable bonds is 5. The van der Waals surface area contributed by atoms with E-state index in [1.54, 1.807) is 18.2 Å². The van der Waals surface area contributed by atoms with Crippen LogP contribution in [0.2, 0.25) is 10.0 Å². The molecular weight excluding hydrogens is 423 g/mol. The molecular formula is C19H20Cl2N2O4S. The lowest BCUT2D eigenvalue weighted by Gasteiger charge is -2.26. The van der Waals surface area contributed by atoms with Crippen molar-refractivity contribution >= 4 is 44.8 Å². The number of halogens is 2. The number of ether oxygens (including phenoxy) is 1. The van der Waals surface area contributed by atoms with Crippen molar-refractivity contribution in [3.8, 4) is 5.75 Å². The first-order chi connectivity index (χ1) is 13.3. The van der Waals surface area contributed by atoms with Crippen LogP contribution in [0.3, 0.4) is 0 Å². The molecule has 0 aliphatic carbocycles. The Morgan fingerprint density at radius 1 is 1.11 bits per heavy atom. The van der Waals surface area contributed by atoms with Crippen LogP contribution in [0.25, 0.3) is 0 Å². The van der Waals surface area contributed by atoms with Crippen LogP contribution in [0.1, 0.15) is 29.6 Å². The minimum Gasteiger partial charge on any atom is -0.495 e. The van der Waals surface area contributed by atoms with Crippen molar-refractivity contribution in [2.24, 2.45) is 0 Å². The van der Waals surface area contributed by atoms with Crippen LogP contribution < -0.4 is 10.1 Å². The lowest BCUT2D eigenvalue weighted by atomic mass is 10.2. The van der Waals surface area contributed by atoms with E-state index in [0.29, 0.717) is 23.8 Å². The van der Waals surface area contributed by atoms with Gasteiger partial charge in [0, 0.05) is 18.7 Å². The molecule has 1 aliphatic heterocycles. The molecule has 0 spiro atoms. The first-order valence-electron chi connectivity index (χ1n) is 8.78. The smallest absolute Gasteiger partial charge is 0.255 e. The highest BCUT2D eigenvalue weighted by Gasteiger charge is 2.29. The van der Waals surface area contributed by atoms with Crippen LogP contribution in [0.5, 0.6) is 5.75 Å². The van der Waals surface area contributed by atoms with Gasteiger partial charge in [0.15, 0.2) is 0 Å². The molecule has 9 heteroatoms. The molecule has 1 fully saturated rings. The number of nitrogens with one attached hydrogen (secondary N) is 1. The lowest BCUT2D eigenvalue weighted by molar-refractivity contribution is 0.102. The summed E-state index contributed by atoms with van der Waals surface area (Å²) in [5.74, 6) is -0.301. The van der Waals surface area contributed by atoms with Crippen molar-refractivity contribution in [2.45, 2.75) is 24.2 Å². The fourth-order valence-electron chi connectivity index (χ4n) is 3.06. The van der Waals surface area contributed by atoms with E-state index in [0.717, 1.165) is 19.3 Å². The van der Waals surface area contributed by atoms with E-state index < -0.39 is 15.9 Å². The van der Waals surface area contributed by atoms with Gasteiger partial charge in [-0.25, -0.2) is 8.42 Å². The number of hydrogen-bond acceptors (Lipinski definition) is 4. The summed E-state index contributed by atoms with van der Waals surface area (Å²) in [5.41, 5.74) is 0.517. The predicted molar refractivity (Wildman–Crippen MR) is 110 cm³/mol. The minimum absolute atomic E-state index is 0.0262. The highest BCUT2D eigenvalue weighted by molar-refractivity contribution is 7.89. The van der Waals surface area contributed by atoms with Crippen molar-refractivity contribution in [3.05, 3.63) is 52.0 Å². The molecule has 0 bridgehead atoms. The van der Waals surface area contributed by atoms with Crippen molar-refractivity contribution in [2.75, 3.05) is 25.5 Å². The van der Waals surface area contributed by atoms with Crippen molar-refractivity contribution in [3.63, 3.8) is 0 Å². The van der Waals surface area contributed by atoms with Gasteiger partial charge in [0.25, 0.3) is 5.91 Å². The Labute approximate surface area is 174 Å². The van der Waals surface area contributed by atoms with Crippen LogP contribution in [0.15, 0.2) is 41.3 Å². The topological polar surface area (TPSA) is 75.7 Å². The van der Waals surface area contributed by atoms with E-state index in [1.165, 1.54) is 29.6 Å². The molecule has 1 N–H and O–H groups in total. The molecule has 0 atom stereocenters. The summed E-state index contributed by atoms with van der Waals surface area (Å²) >= 11 is 12.1. The van der Waals surface area contributed by atoms with Gasteiger partial charge < -0.3 is 10.1 Å². The summed E-state index contributed by atoms with van der Waals surface area (Å²) < 4.78 is 32.8. The van der Waals surface area contributed by atoms with Crippen LogP contribution in [0.4, 0.5) is 5.69 Å². The third kappa shape index (κ3) is 4.27. The van der Waals surface area contributed by atoms with E-state index in [4.69, 9.17) is 27.9 Å². The average molecular weight is 443 g/mol. The molecule has 1 aliphatic rings. The number of carbonyl (C=O) groups is 1. The van der Waals surface area contributed by atoms with Gasteiger partial charge in [0.1, 0.15) is 10.6 Å². The standard InChI is InChI=1S/C19H20Cl2N2O4S/c1-27-16-9-8-13(19(24)22-15-7-5-6-14(20)18(15)21)12-17(16)28(25,26)23-10-3-2-4-11-23/h5-9,12H,2-4,10-11H2,1H3,(H,22,24). The van der Waals surface area contributed by atoms with Gasteiger partial charge in [-0.05, 0) is 43.2 Å². The Bertz CT molecular complexity index is 989. The first-order valence-corrected chi connectivity index (χ1v) is 11.0. The second kappa shape index (κ2) is 8.69. The van der Waals surface area contributed by atoms with Gasteiger partial charge in [-0.2, -0.15) is 4.31 Å². The normalized spacial score (nSPS) is 15.2. The fourth-order valence-corrected chi connectivity index (χ4v) is 5.11. The van der Waals surface area contributed by atoms with Gasteiger partial charge in [-0.15, -0.1) is 0 Å². The molecule has 2 aromatic carbocycles. The lowest BCUT2D eigenvalue weighted by Crippen LogP contribution is -2.35. The summed E-state index contributed by atoms with van der Waals surface area (Å²) in [6, 6.07) is 9.19. The molecule has 3 rings (SSSR count). The quantitative estimate of drug-likeness (QED) is 0.742. The maximum absolute atomic E-state index is 13.1. The number of hydrogen-bond donors (Lipinski definition) is 1. The van der Waals surface area contributed by atoms with Crippen LogP contribution >= 0.6 is 23.2 Å². The van der Waals surface area contributed by atoms with Gasteiger partial charge >= 0.3 is 0 Å². The second-order valence-corrected chi connectivity index (χ2v) is 9.08. The summed E-state index contributed by atoms with van der Waals surface area (Å²) in [6.45, 7) is 0.917. The predicted octanol–water partition coefficient (Wildman–Crippen LogP) is 4.43. The Morgan fingerprint density at radius 3 is 2.50 bits per heavy atom. The molecule has 0 saturated carbocycles. The van der Waals surface area contributed by atoms with Gasteiger partial charge in [-0.3, -0.25) is 4.79 Å². The molecule has 0 unspecified atom stereocenters. The molecule has 1 saturated heterocycles. The highest BCUT2D eigenvalue weighted by Crippen LogP contribution is 2.32. The number of sulfonamides is 1. The molecule has 6 nitrogen and oxygen atoms in total. The summed E-state index contributed by atoms with van der Waals surface area (Å²) in [5, 5.41) is 3.18. The summed E-state index contributed by atoms with van der Waals surface area (Å²) in [4.78, 5) is 12.6. The van der Waals surface area contributed by atoms with Crippen LogP contribution in [-0.4, -0.2) is 38.8 Å². The third-order valence-electron chi connectivity index (χ3n) is 4.56. The average Bonchev–Trinajstić information content (AvgIpc) is 2.71. The van der Waals surface area contributed by atoms with E-state index in [9.17, 15) is 13.2 Å². The largest absolute Gasteiger partial charge is 0.495 e. The molecule has 1 amide bonds. The highest BCUT2D eigenvalue weighted by atomic mass is 35.5. The van der Waals surface area contributed by atoms with E-state index in [-0.39, 0.29) is 21.2 Å². The fraction of sp³-hybridized carbons (Fsp3) is 0.316. The zero-order chi connectivity index (χ0) is 20.3. The van der Waals surface area contributed by atoms with Crippen LogP contribution in [0, 0.1) is 0 Å². The second-order valence-electron chi connectivity index (χ2n) is 6.39. The number of anilines is 1. The maximum atomic E-state index is 13.1. The van der Waals surface area contributed by atoms with Crippen LogP contribution in [-0.2, 0) is 10.0 Å². The number of methoxy groups -OCH3 is 1. The summed E-state index contributed by atoms with van der Waals surface area (Å²) in [7, 11) is -2.37. The van der Waals surface area contributed by atoms with Crippen molar-refractivity contribution < 1.29 is 17.9 Å². The Hall–Kier alpha value is -1.80. The molecule has 0 aromatic heterocycles. The maximum Gasteiger partial charge on any atom is 0.255 e. The SMILES string of the molecule is COc1ccc(C(=O)Nc2cccc(Cl)c2Cl)cc1S(=O)(=O)N1CCCCC1. The van der Waals surface area contributed by atoms with Gasteiger partial charge in [-0.1, -0.05) is 35.7 Å². The van der Waals surface area contributed by atoms with Crippen molar-refractivity contribution in [1.82, 2.24) is 4.31 Å². The number of nitrogens with zero attached hydrogens (tertiary/aromatic N) is 1. The molecule has 28 heavy (non-hydrogen) atoms. The van der Waals surface area contributed by atoms with Gasteiger partial charge in [0.2, 0.25) is 10.0 Å². The zero-order valence-electron chi connectivity index (χ0n) is 15.2. The Morgan fingerprint density at radius 2 is 1.82 bits per heavy atom. The van der Waals surface area contributed by atoms with E-state index in [2.05, 4.69) is 5.32 Å². The molecule has 1 heterocycles.